The zero-order valence-electron chi connectivity index (χ0n) is 19.7. The van der Waals surface area contributed by atoms with Crippen LogP contribution in [0, 0.1) is 29.5 Å². The van der Waals surface area contributed by atoms with Crippen LogP contribution in [0.2, 0.25) is 0 Å². The number of rotatable bonds is 4. The Kier molecular flexibility index (Phi) is 7.60. The molecule has 0 bridgehead atoms. The van der Waals surface area contributed by atoms with E-state index in [0.29, 0.717) is 11.8 Å². The van der Waals surface area contributed by atoms with Crippen molar-refractivity contribution in [3.05, 3.63) is 130 Å². The Hall–Kier alpha value is -4.07. The van der Waals surface area contributed by atoms with Crippen LogP contribution in [0.1, 0.15) is 53.6 Å². The van der Waals surface area contributed by atoms with Gasteiger partial charge in [-0.3, -0.25) is 0 Å². The molecule has 4 aromatic rings. The van der Waals surface area contributed by atoms with Gasteiger partial charge in [-0.2, -0.15) is 0 Å². The average Bonchev–Trinajstić information content (AvgIpc) is 2.88. The molecular formula is C33H27F. The van der Waals surface area contributed by atoms with Crippen molar-refractivity contribution in [2.75, 3.05) is 0 Å². The molecule has 0 amide bonds. The molecule has 4 rings (SSSR count). The predicted octanol–water partition coefficient (Wildman–Crippen LogP) is 7.85. The summed E-state index contributed by atoms with van der Waals surface area (Å²) < 4.78 is 14.9. The third-order valence-corrected chi connectivity index (χ3v) is 5.80. The number of aryl methyl sites for hydroxylation is 2. The summed E-state index contributed by atoms with van der Waals surface area (Å²) in [6, 6.07) is 25.8. The van der Waals surface area contributed by atoms with E-state index < -0.39 is 0 Å². The van der Waals surface area contributed by atoms with Gasteiger partial charge in [0.1, 0.15) is 5.82 Å². The number of fused-ring (bicyclic) bond motifs is 1. The SMILES string of the molecule is C/C=C/CCc1ccc2cc(C#Cc3ccc(C#Cc4ccc(CC)cc4)cc3)ccc2c1F. The third kappa shape index (κ3) is 5.83. The van der Waals surface area contributed by atoms with E-state index >= 15 is 0 Å². The summed E-state index contributed by atoms with van der Waals surface area (Å²) in [6.07, 6.45) is 6.65. The second-order valence-electron chi connectivity index (χ2n) is 8.21. The minimum Gasteiger partial charge on any atom is -0.206 e. The van der Waals surface area contributed by atoms with Gasteiger partial charge in [0.25, 0.3) is 0 Å². The quantitative estimate of drug-likeness (QED) is 0.223. The summed E-state index contributed by atoms with van der Waals surface area (Å²) >= 11 is 0. The van der Waals surface area contributed by atoms with Crippen molar-refractivity contribution < 1.29 is 4.39 Å². The second kappa shape index (κ2) is 11.2. The first-order valence-corrected chi connectivity index (χ1v) is 11.7. The second-order valence-corrected chi connectivity index (χ2v) is 8.21. The Bertz CT molecular complexity index is 1430. The standard InChI is InChI=1S/C33H27F/c1-3-5-6-7-30-21-22-31-24-29(20-23-32(31)33(30)34)19-18-28-16-14-27(15-17-28)13-12-26-10-8-25(4-2)9-11-26/h3,5,8-11,14-17,20-24H,4,6-7H2,1-2H3/b5-3+. The maximum Gasteiger partial charge on any atom is 0.134 e. The lowest BCUT2D eigenvalue weighted by molar-refractivity contribution is 0.621. The predicted molar refractivity (Wildman–Crippen MR) is 141 cm³/mol. The molecule has 0 atom stereocenters. The number of benzene rings is 4. The van der Waals surface area contributed by atoms with Gasteiger partial charge in [-0.25, -0.2) is 4.39 Å². The summed E-state index contributed by atoms with van der Waals surface area (Å²) in [4.78, 5) is 0. The van der Waals surface area contributed by atoms with Crippen molar-refractivity contribution in [3.63, 3.8) is 0 Å². The van der Waals surface area contributed by atoms with E-state index in [1.807, 2.05) is 67.6 Å². The van der Waals surface area contributed by atoms with Crippen LogP contribution in [-0.4, -0.2) is 0 Å². The fourth-order valence-electron chi connectivity index (χ4n) is 3.76. The highest BCUT2D eigenvalue weighted by Gasteiger charge is 2.07. The van der Waals surface area contributed by atoms with E-state index in [0.717, 1.165) is 46.0 Å². The Labute approximate surface area is 202 Å². The summed E-state index contributed by atoms with van der Waals surface area (Å²) in [5, 5.41) is 1.52. The number of halogens is 1. The molecule has 0 aromatic heterocycles. The van der Waals surface area contributed by atoms with E-state index in [-0.39, 0.29) is 5.82 Å². The maximum absolute atomic E-state index is 14.9. The van der Waals surface area contributed by atoms with Crippen LogP contribution in [0.4, 0.5) is 4.39 Å². The molecule has 166 valence electrons. The Morgan fingerprint density at radius 1 is 0.706 bits per heavy atom. The monoisotopic (exact) mass is 442 g/mol. The molecule has 0 radical (unpaired) electrons. The molecule has 0 aliphatic rings. The molecule has 0 saturated carbocycles. The van der Waals surface area contributed by atoms with Gasteiger partial charge in [0.15, 0.2) is 0 Å². The van der Waals surface area contributed by atoms with Gasteiger partial charge in [0.05, 0.1) is 0 Å². The molecule has 0 aliphatic heterocycles. The maximum atomic E-state index is 14.9. The Morgan fingerprint density at radius 3 is 1.85 bits per heavy atom. The number of hydrogen-bond acceptors (Lipinski definition) is 0. The van der Waals surface area contributed by atoms with E-state index in [2.05, 4.69) is 60.9 Å². The lowest BCUT2D eigenvalue weighted by atomic mass is 10.0. The number of allylic oxidation sites excluding steroid dienone is 2. The van der Waals surface area contributed by atoms with Crippen LogP contribution in [0.5, 0.6) is 0 Å². The van der Waals surface area contributed by atoms with E-state index in [1.165, 1.54) is 5.56 Å². The van der Waals surface area contributed by atoms with Crippen molar-refractivity contribution in [2.45, 2.75) is 33.1 Å². The Balaban J connectivity index is 1.47. The zero-order valence-corrected chi connectivity index (χ0v) is 19.7. The fourth-order valence-corrected chi connectivity index (χ4v) is 3.76. The Morgan fingerprint density at radius 2 is 1.26 bits per heavy atom. The zero-order chi connectivity index (χ0) is 23.8. The van der Waals surface area contributed by atoms with Crippen LogP contribution in [-0.2, 0) is 12.8 Å². The summed E-state index contributed by atoms with van der Waals surface area (Å²) in [5.74, 6) is 12.7. The van der Waals surface area contributed by atoms with Gasteiger partial charge in [-0.15, -0.1) is 0 Å². The van der Waals surface area contributed by atoms with Gasteiger partial charge in [-0.05, 0) is 91.2 Å². The minimum absolute atomic E-state index is 0.125. The summed E-state index contributed by atoms with van der Waals surface area (Å²) in [6.45, 7) is 4.13. The molecule has 34 heavy (non-hydrogen) atoms. The van der Waals surface area contributed by atoms with Crippen molar-refractivity contribution in [1.82, 2.24) is 0 Å². The molecule has 0 nitrogen and oxygen atoms in total. The van der Waals surface area contributed by atoms with E-state index in [1.54, 1.807) is 0 Å². The molecule has 0 unspecified atom stereocenters. The molecule has 0 heterocycles. The van der Waals surface area contributed by atoms with E-state index in [9.17, 15) is 4.39 Å². The van der Waals surface area contributed by atoms with Crippen LogP contribution in [0.25, 0.3) is 10.8 Å². The fraction of sp³-hybridized carbons (Fsp3) is 0.152. The highest BCUT2D eigenvalue weighted by atomic mass is 19.1. The highest BCUT2D eigenvalue weighted by Crippen LogP contribution is 2.23. The molecule has 1 heteroatoms. The summed E-state index contributed by atoms with van der Waals surface area (Å²) in [7, 11) is 0. The molecule has 0 spiro atoms. The first kappa shape index (κ1) is 23.1. The van der Waals surface area contributed by atoms with Crippen molar-refractivity contribution in [3.8, 4) is 23.7 Å². The summed E-state index contributed by atoms with van der Waals surface area (Å²) in [5.41, 5.74) is 5.83. The highest BCUT2D eigenvalue weighted by molar-refractivity contribution is 5.85. The normalized spacial score (nSPS) is 10.6. The topological polar surface area (TPSA) is 0 Å². The first-order chi connectivity index (χ1) is 16.7. The smallest absolute Gasteiger partial charge is 0.134 e. The van der Waals surface area contributed by atoms with Crippen LogP contribution in [0.15, 0.2) is 91.0 Å². The minimum atomic E-state index is -0.125. The molecule has 4 aromatic carbocycles. The van der Waals surface area contributed by atoms with Crippen LogP contribution < -0.4 is 0 Å². The molecule has 0 fully saturated rings. The molecule has 0 aliphatic carbocycles. The molecule has 0 N–H and O–H groups in total. The molecular weight excluding hydrogens is 415 g/mol. The van der Waals surface area contributed by atoms with Gasteiger partial charge < -0.3 is 0 Å². The van der Waals surface area contributed by atoms with Crippen molar-refractivity contribution in [2.24, 2.45) is 0 Å². The van der Waals surface area contributed by atoms with Gasteiger partial charge in [-0.1, -0.05) is 73.1 Å². The lowest BCUT2D eigenvalue weighted by Crippen LogP contribution is -1.92. The van der Waals surface area contributed by atoms with Crippen molar-refractivity contribution in [1.29, 1.82) is 0 Å². The first-order valence-electron chi connectivity index (χ1n) is 11.7. The average molecular weight is 443 g/mol. The van der Waals surface area contributed by atoms with Gasteiger partial charge >= 0.3 is 0 Å². The van der Waals surface area contributed by atoms with Gasteiger partial charge in [0.2, 0.25) is 0 Å². The lowest BCUT2D eigenvalue weighted by Gasteiger charge is -2.06. The third-order valence-electron chi connectivity index (χ3n) is 5.80. The van der Waals surface area contributed by atoms with Crippen LogP contribution in [0.3, 0.4) is 0 Å². The van der Waals surface area contributed by atoms with E-state index in [4.69, 9.17) is 0 Å². The van der Waals surface area contributed by atoms with Crippen LogP contribution >= 0.6 is 0 Å². The largest absolute Gasteiger partial charge is 0.206 e. The number of hydrogen-bond donors (Lipinski definition) is 0. The van der Waals surface area contributed by atoms with Crippen molar-refractivity contribution >= 4 is 10.8 Å². The molecule has 0 saturated heterocycles. The van der Waals surface area contributed by atoms with Gasteiger partial charge in [0, 0.05) is 27.6 Å².